The lowest BCUT2D eigenvalue weighted by molar-refractivity contribution is 0.646. The molecule has 1 aliphatic heterocycles. The fourth-order valence-electron chi connectivity index (χ4n) is 2.82. The van der Waals surface area contributed by atoms with E-state index in [4.69, 9.17) is 11.6 Å². The fourth-order valence-corrected chi connectivity index (χ4v) is 2.99. The van der Waals surface area contributed by atoms with Gasteiger partial charge >= 0.3 is 0 Å². The molecule has 110 valence electrons. The summed E-state index contributed by atoms with van der Waals surface area (Å²) in [5.74, 6) is 0.959. The first-order valence-corrected chi connectivity index (χ1v) is 7.49. The van der Waals surface area contributed by atoms with E-state index < -0.39 is 0 Å². The summed E-state index contributed by atoms with van der Waals surface area (Å²) in [5.41, 5.74) is 1.08. The van der Waals surface area contributed by atoms with E-state index in [1.807, 2.05) is 24.3 Å². The SMILES string of the molecule is CN(CC1CCCN1c1cccnn1)c1ccnc(Cl)c1. The Hall–Kier alpha value is -1.88. The number of hydrogen-bond donors (Lipinski definition) is 0. The minimum atomic E-state index is 0.443. The first kappa shape index (κ1) is 14.1. The summed E-state index contributed by atoms with van der Waals surface area (Å²) in [4.78, 5) is 8.58. The highest BCUT2D eigenvalue weighted by Crippen LogP contribution is 2.25. The Morgan fingerprint density at radius 1 is 1.38 bits per heavy atom. The maximum atomic E-state index is 5.96. The number of halogens is 1. The molecule has 21 heavy (non-hydrogen) atoms. The second-order valence-corrected chi connectivity index (χ2v) is 5.68. The predicted octanol–water partition coefficient (Wildman–Crippen LogP) is 2.63. The van der Waals surface area contributed by atoms with Crippen LogP contribution in [-0.4, -0.2) is 41.4 Å². The van der Waals surface area contributed by atoms with Gasteiger partial charge in [-0.25, -0.2) is 4.98 Å². The van der Waals surface area contributed by atoms with Crippen molar-refractivity contribution in [1.29, 1.82) is 0 Å². The van der Waals surface area contributed by atoms with Gasteiger partial charge in [-0.2, -0.15) is 5.10 Å². The van der Waals surface area contributed by atoms with Crippen LogP contribution in [-0.2, 0) is 0 Å². The smallest absolute Gasteiger partial charge is 0.151 e. The molecule has 1 unspecified atom stereocenters. The molecule has 0 amide bonds. The molecule has 0 spiro atoms. The topological polar surface area (TPSA) is 45.2 Å². The third-order valence-corrected chi connectivity index (χ3v) is 4.07. The van der Waals surface area contributed by atoms with Crippen molar-refractivity contribution in [2.45, 2.75) is 18.9 Å². The first-order chi connectivity index (χ1) is 10.2. The molecule has 1 atom stereocenters. The highest BCUT2D eigenvalue weighted by molar-refractivity contribution is 6.29. The van der Waals surface area contributed by atoms with E-state index in [1.54, 1.807) is 12.4 Å². The number of pyridine rings is 1. The molecule has 3 rings (SSSR count). The lowest BCUT2D eigenvalue weighted by atomic mass is 10.2. The molecule has 0 bridgehead atoms. The van der Waals surface area contributed by atoms with Crippen LogP contribution in [0.2, 0.25) is 5.15 Å². The van der Waals surface area contributed by atoms with Gasteiger partial charge < -0.3 is 9.80 Å². The van der Waals surface area contributed by atoms with Crippen molar-refractivity contribution in [2.75, 3.05) is 29.9 Å². The van der Waals surface area contributed by atoms with Crippen LogP contribution in [0.1, 0.15) is 12.8 Å². The summed E-state index contributed by atoms with van der Waals surface area (Å²) < 4.78 is 0. The molecule has 1 aliphatic rings. The van der Waals surface area contributed by atoms with Crippen molar-refractivity contribution >= 4 is 23.1 Å². The van der Waals surface area contributed by atoms with Crippen molar-refractivity contribution in [3.63, 3.8) is 0 Å². The van der Waals surface area contributed by atoms with Gasteiger partial charge in [0.2, 0.25) is 0 Å². The minimum Gasteiger partial charge on any atom is -0.372 e. The van der Waals surface area contributed by atoms with Crippen LogP contribution in [0.5, 0.6) is 0 Å². The van der Waals surface area contributed by atoms with Crippen molar-refractivity contribution < 1.29 is 0 Å². The molecule has 2 aromatic rings. The van der Waals surface area contributed by atoms with Crippen LogP contribution in [0, 0.1) is 0 Å². The largest absolute Gasteiger partial charge is 0.372 e. The van der Waals surface area contributed by atoms with Gasteiger partial charge in [0, 0.05) is 44.3 Å². The molecule has 0 N–H and O–H groups in total. The lowest BCUT2D eigenvalue weighted by Gasteiger charge is -2.30. The summed E-state index contributed by atoms with van der Waals surface area (Å²) in [6, 6.07) is 8.27. The molecule has 0 aliphatic carbocycles. The molecule has 3 heterocycles. The average Bonchev–Trinajstić information content (AvgIpc) is 2.96. The lowest BCUT2D eigenvalue weighted by Crippen LogP contribution is -2.39. The van der Waals surface area contributed by atoms with E-state index in [0.29, 0.717) is 11.2 Å². The molecular formula is C15H18ClN5. The molecule has 0 radical (unpaired) electrons. The van der Waals surface area contributed by atoms with Gasteiger partial charge in [0.15, 0.2) is 5.82 Å². The van der Waals surface area contributed by atoms with Crippen molar-refractivity contribution in [3.05, 3.63) is 41.8 Å². The van der Waals surface area contributed by atoms with Gasteiger partial charge in [0.25, 0.3) is 0 Å². The standard InChI is InChI=1S/C15H18ClN5/c1-20(12-6-8-17-14(16)10-12)11-13-4-3-9-21(13)15-5-2-7-18-19-15/h2,5-8,10,13H,3-4,9,11H2,1H3. The van der Waals surface area contributed by atoms with Gasteiger partial charge in [0.05, 0.1) is 0 Å². The van der Waals surface area contributed by atoms with Crippen molar-refractivity contribution in [3.8, 4) is 0 Å². The Kier molecular flexibility index (Phi) is 4.20. The van der Waals surface area contributed by atoms with E-state index in [1.165, 1.54) is 12.8 Å². The Morgan fingerprint density at radius 3 is 3.05 bits per heavy atom. The van der Waals surface area contributed by atoms with Crippen molar-refractivity contribution in [1.82, 2.24) is 15.2 Å². The molecule has 5 nitrogen and oxygen atoms in total. The van der Waals surface area contributed by atoms with Gasteiger partial charge in [-0.15, -0.1) is 5.10 Å². The molecule has 0 saturated carbocycles. The van der Waals surface area contributed by atoms with Gasteiger partial charge in [-0.05, 0) is 37.1 Å². The quantitative estimate of drug-likeness (QED) is 0.813. The average molecular weight is 304 g/mol. The first-order valence-electron chi connectivity index (χ1n) is 7.11. The molecule has 2 aromatic heterocycles. The normalized spacial score (nSPS) is 18.0. The number of hydrogen-bond acceptors (Lipinski definition) is 5. The van der Waals surface area contributed by atoms with Crippen LogP contribution in [0.25, 0.3) is 0 Å². The summed E-state index contributed by atoms with van der Waals surface area (Å²) in [5, 5.41) is 8.74. The number of anilines is 2. The predicted molar refractivity (Wildman–Crippen MR) is 84.9 cm³/mol. The third-order valence-electron chi connectivity index (χ3n) is 3.87. The molecule has 1 fully saturated rings. The second-order valence-electron chi connectivity index (χ2n) is 5.29. The van der Waals surface area contributed by atoms with Crippen molar-refractivity contribution in [2.24, 2.45) is 0 Å². The Balaban J connectivity index is 1.72. The fraction of sp³-hybridized carbons (Fsp3) is 0.400. The van der Waals surface area contributed by atoms with E-state index in [0.717, 1.165) is 24.6 Å². The van der Waals surface area contributed by atoms with Crippen LogP contribution < -0.4 is 9.80 Å². The van der Waals surface area contributed by atoms with Gasteiger partial charge in [-0.1, -0.05) is 11.6 Å². The van der Waals surface area contributed by atoms with E-state index in [2.05, 4.69) is 32.0 Å². The molecule has 6 heteroatoms. The monoisotopic (exact) mass is 303 g/mol. The summed E-state index contributed by atoms with van der Waals surface area (Å²) in [7, 11) is 2.08. The minimum absolute atomic E-state index is 0.443. The highest BCUT2D eigenvalue weighted by atomic mass is 35.5. The maximum Gasteiger partial charge on any atom is 0.151 e. The zero-order valence-electron chi connectivity index (χ0n) is 12.0. The van der Waals surface area contributed by atoms with Gasteiger partial charge in [0.1, 0.15) is 5.15 Å². The number of likely N-dealkylation sites (N-methyl/N-ethyl adjacent to an activating group) is 1. The Morgan fingerprint density at radius 2 is 2.29 bits per heavy atom. The van der Waals surface area contributed by atoms with Crippen LogP contribution >= 0.6 is 11.6 Å². The van der Waals surface area contributed by atoms with E-state index in [9.17, 15) is 0 Å². The zero-order chi connectivity index (χ0) is 14.7. The second kappa shape index (κ2) is 6.26. The summed E-state index contributed by atoms with van der Waals surface area (Å²) in [6.07, 6.45) is 5.80. The summed E-state index contributed by atoms with van der Waals surface area (Å²) >= 11 is 5.96. The number of aromatic nitrogens is 3. The summed E-state index contributed by atoms with van der Waals surface area (Å²) in [6.45, 7) is 1.96. The molecular weight excluding hydrogens is 286 g/mol. The number of rotatable bonds is 4. The Bertz CT molecular complexity index is 592. The van der Waals surface area contributed by atoms with E-state index in [-0.39, 0.29) is 0 Å². The van der Waals surface area contributed by atoms with Crippen LogP contribution in [0.3, 0.4) is 0 Å². The van der Waals surface area contributed by atoms with Crippen LogP contribution in [0.4, 0.5) is 11.5 Å². The highest BCUT2D eigenvalue weighted by Gasteiger charge is 2.27. The maximum absolute atomic E-state index is 5.96. The zero-order valence-corrected chi connectivity index (χ0v) is 12.7. The number of nitrogens with zero attached hydrogens (tertiary/aromatic N) is 5. The Labute approximate surface area is 129 Å². The molecule has 1 saturated heterocycles. The van der Waals surface area contributed by atoms with Crippen LogP contribution in [0.15, 0.2) is 36.7 Å². The van der Waals surface area contributed by atoms with E-state index >= 15 is 0 Å². The third kappa shape index (κ3) is 3.24. The molecule has 0 aromatic carbocycles. The van der Waals surface area contributed by atoms with Gasteiger partial charge in [-0.3, -0.25) is 0 Å².